The summed E-state index contributed by atoms with van der Waals surface area (Å²) in [7, 11) is 1.55. The fourth-order valence-corrected chi connectivity index (χ4v) is 5.53. The van der Waals surface area contributed by atoms with Crippen LogP contribution in [0.4, 0.5) is 5.13 Å². The van der Waals surface area contributed by atoms with Crippen molar-refractivity contribution in [1.82, 2.24) is 8.10 Å². The average Bonchev–Trinajstić information content (AvgIpc) is 3.37. The molecule has 2 amide bonds. The smallest absolute Gasteiger partial charge is 0.286 e. The van der Waals surface area contributed by atoms with Crippen molar-refractivity contribution in [2.24, 2.45) is 5.92 Å². The van der Waals surface area contributed by atoms with Gasteiger partial charge >= 0.3 is 0 Å². The second kappa shape index (κ2) is 12.4. The third kappa shape index (κ3) is 6.84. The molecular weight excluding hydrogens is 537 g/mol. The largest absolute Gasteiger partial charge is 0.298 e. The second-order valence-electron chi connectivity index (χ2n) is 8.33. The van der Waals surface area contributed by atoms with E-state index in [0.717, 1.165) is 12.0 Å². The van der Waals surface area contributed by atoms with Gasteiger partial charge in [0.2, 0.25) is 11.7 Å². The van der Waals surface area contributed by atoms with Gasteiger partial charge in [0.1, 0.15) is 6.04 Å². The minimum absolute atomic E-state index is 0.0766. The van der Waals surface area contributed by atoms with Gasteiger partial charge in [-0.2, -0.15) is 0 Å². The number of hydrogen-bond donors (Lipinski definition) is 0. The summed E-state index contributed by atoms with van der Waals surface area (Å²) in [5.74, 6) is -0.695. The van der Waals surface area contributed by atoms with Crippen LogP contribution >= 0.6 is 34.2 Å². The third-order valence-electron chi connectivity index (χ3n) is 6.08. The van der Waals surface area contributed by atoms with Crippen LogP contribution in [-0.2, 0) is 20.8 Å². The minimum Gasteiger partial charge on any atom is -0.286 e. The zero-order valence-electron chi connectivity index (χ0n) is 18.4. The number of rotatable bonds is 10. The molecule has 1 heterocycles. The van der Waals surface area contributed by atoms with Gasteiger partial charge in [-0.05, 0) is 30.7 Å². The highest BCUT2D eigenvalue weighted by molar-refractivity contribution is 14.1. The summed E-state index contributed by atoms with van der Waals surface area (Å²) in [6.45, 7) is 0. The van der Waals surface area contributed by atoms with Gasteiger partial charge in [0.15, 0.2) is 5.13 Å². The first-order valence-corrected chi connectivity index (χ1v) is 13.0. The van der Waals surface area contributed by atoms with Crippen LogP contribution in [0.25, 0.3) is 0 Å². The van der Waals surface area contributed by atoms with Crippen LogP contribution in [-0.4, -0.2) is 38.8 Å². The molecule has 172 valence electrons. The van der Waals surface area contributed by atoms with Gasteiger partial charge in [0.05, 0.1) is 22.9 Å². The average molecular weight is 567 g/mol. The van der Waals surface area contributed by atoms with E-state index >= 15 is 0 Å². The lowest BCUT2D eigenvalue weighted by Crippen LogP contribution is -2.47. The Balaban J connectivity index is 1.68. The molecule has 0 spiro atoms. The Bertz CT molecular complexity index is 885. The minimum atomic E-state index is -0.801. The molecule has 1 aliphatic rings. The molecule has 0 radical (unpaired) electrons. The summed E-state index contributed by atoms with van der Waals surface area (Å²) in [6.07, 6.45) is 10.0. The predicted octanol–water partition coefficient (Wildman–Crippen LogP) is 5.22. The highest BCUT2D eigenvalue weighted by Gasteiger charge is 2.35. The Morgan fingerprint density at radius 3 is 2.53 bits per heavy atom. The number of benzene rings is 1. The van der Waals surface area contributed by atoms with Gasteiger partial charge in [0.25, 0.3) is 5.91 Å². The number of aryl methyl sites for hydroxylation is 1. The highest BCUT2D eigenvalue weighted by atomic mass is 127. The van der Waals surface area contributed by atoms with Crippen molar-refractivity contribution >= 4 is 56.9 Å². The summed E-state index contributed by atoms with van der Waals surface area (Å²) in [5.41, 5.74) is 1.07. The van der Waals surface area contributed by atoms with Crippen molar-refractivity contribution in [3.63, 3.8) is 0 Å². The molecule has 0 bridgehead atoms. The standard InChI is InChI=1S/C24H30IN3O3S/c1-27(24-26-16-17-32-24)23(31)22(30)20(14-12-18-8-4-2-5-9-18)28(25)21(29)15-13-19-10-6-3-7-11-19/h2,4-5,8-9,16-17,19-20H,3,6-7,10-15H2,1H3/t20-/m0/s1. The number of thiazole rings is 1. The number of nitrogens with zero attached hydrogens (tertiary/aromatic N) is 3. The first-order valence-electron chi connectivity index (χ1n) is 11.2. The van der Waals surface area contributed by atoms with E-state index in [9.17, 15) is 14.4 Å². The first kappa shape index (κ1) is 24.8. The SMILES string of the molecule is CN(C(=O)C(=O)[C@H](CCc1ccccc1)N(I)C(=O)CCC1CCCCC1)c1nccs1. The quantitative estimate of drug-likeness (QED) is 0.225. The summed E-state index contributed by atoms with van der Waals surface area (Å²) in [5, 5.41) is 2.23. The van der Waals surface area contributed by atoms with Gasteiger partial charge in [-0.25, -0.2) is 4.98 Å². The topological polar surface area (TPSA) is 70.6 Å². The lowest BCUT2D eigenvalue weighted by atomic mass is 9.86. The molecule has 0 saturated heterocycles. The van der Waals surface area contributed by atoms with E-state index in [1.165, 1.54) is 51.5 Å². The summed E-state index contributed by atoms with van der Waals surface area (Å²) < 4.78 is 1.47. The zero-order valence-corrected chi connectivity index (χ0v) is 21.4. The molecule has 1 saturated carbocycles. The van der Waals surface area contributed by atoms with Crippen LogP contribution in [0.3, 0.4) is 0 Å². The molecule has 0 N–H and O–H groups in total. The lowest BCUT2D eigenvalue weighted by molar-refractivity contribution is -0.140. The first-order chi connectivity index (χ1) is 15.5. The van der Waals surface area contributed by atoms with Gasteiger partial charge in [0, 0.05) is 25.0 Å². The number of carbonyl (C=O) groups excluding carboxylic acids is 3. The van der Waals surface area contributed by atoms with Gasteiger partial charge in [-0.15, -0.1) is 11.3 Å². The Morgan fingerprint density at radius 2 is 1.88 bits per heavy atom. The van der Waals surface area contributed by atoms with Crippen LogP contribution in [0, 0.1) is 5.92 Å². The van der Waals surface area contributed by atoms with E-state index < -0.39 is 17.7 Å². The summed E-state index contributed by atoms with van der Waals surface area (Å²) >= 11 is 3.23. The zero-order chi connectivity index (χ0) is 22.9. The van der Waals surface area contributed by atoms with E-state index in [0.29, 0.717) is 30.3 Å². The Labute approximate surface area is 207 Å². The van der Waals surface area contributed by atoms with Crippen LogP contribution in [0.5, 0.6) is 0 Å². The van der Waals surface area contributed by atoms with Crippen LogP contribution in [0.1, 0.15) is 56.9 Å². The van der Waals surface area contributed by atoms with Crippen molar-refractivity contribution in [2.45, 2.75) is 63.8 Å². The van der Waals surface area contributed by atoms with Gasteiger partial charge < -0.3 is 0 Å². The van der Waals surface area contributed by atoms with Gasteiger partial charge in [-0.1, -0.05) is 62.4 Å². The van der Waals surface area contributed by atoms with E-state index in [1.807, 2.05) is 53.2 Å². The lowest BCUT2D eigenvalue weighted by Gasteiger charge is -2.27. The monoisotopic (exact) mass is 567 g/mol. The van der Waals surface area contributed by atoms with Crippen molar-refractivity contribution < 1.29 is 14.4 Å². The molecule has 1 atom stereocenters. The molecule has 1 aromatic carbocycles. The predicted molar refractivity (Wildman–Crippen MR) is 136 cm³/mol. The van der Waals surface area contributed by atoms with E-state index in [1.54, 1.807) is 18.6 Å². The molecule has 3 rings (SSSR count). The Morgan fingerprint density at radius 1 is 1.16 bits per heavy atom. The molecule has 2 aromatic rings. The van der Waals surface area contributed by atoms with Gasteiger partial charge in [-0.3, -0.25) is 22.4 Å². The van der Waals surface area contributed by atoms with E-state index in [2.05, 4.69) is 4.98 Å². The Kier molecular flexibility index (Phi) is 9.65. The number of Topliss-reactive ketones (excluding diaryl/α,β-unsaturated/α-hetero) is 1. The number of hydrogen-bond acceptors (Lipinski definition) is 5. The molecule has 1 fully saturated rings. The number of halogens is 1. The summed E-state index contributed by atoms with van der Waals surface area (Å²) in [4.78, 5) is 44.6. The van der Waals surface area contributed by atoms with Crippen molar-refractivity contribution in [1.29, 1.82) is 0 Å². The molecule has 32 heavy (non-hydrogen) atoms. The normalized spacial score (nSPS) is 15.2. The molecule has 6 nitrogen and oxygen atoms in total. The fourth-order valence-electron chi connectivity index (χ4n) is 4.16. The van der Waals surface area contributed by atoms with Crippen LogP contribution in [0.2, 0.25) is 0 Å². The number of aromatic nitrogens is 1. The van der Waals surface area contributed by atoms with Crippen molar-refractivity contribution in [3.8, 4) is 0 Å². The number of amides is 2. The fraction of sp³-hybridized carbons (Fsp3) is 0.500. The Hall–Kier alpha value is -1.81. The molecule has 8 heteroatoms. The molecule has 1 aliphatic carbocycles. The number of ketones is 1. The maximum atomic E-state index is 13.2. The third-order valence-corrected chi connectivity index (χ3v) is 8.14. The second-order valence-corrected chi connectivity index (χ2v) is 10.2. The summed E-state index contributed by atoms with van der Waals surface area (Å²) in [6, 6.07) is 9.03. The highest BCUT2D eigenvalue weighted by Crippen LogP contribution is 2.28. The number of anilines is 1. The number of likely N-dealkylation sites (N-methyl/N-ethyl adjacent to an activating group) is 1. The van der Waals surface area contributed by atoms with E-state index in [-0.39, 0.29) is 5.91 Å². The van der Waals surface area contributed by atoms with Crippen LogP contribution < -0.4 is 4.90 Å². The molecule has 0 aliphatic heterocycles. The molecule has 0 unspecified atom stereocenters. The van der Waals surface area contributed by atoms with E-state index in [4.69, 9.17) is 0 Å². The maximum absolute atomic E-state index is 13.2. The number of carbonyl (C=O) groups is 3. The van der Waals surface area contributed by atoms with Crippen molar-refractivity contribution in [3.05, 3.63) is 47.5 Å². The van der Waals surface area contributed by atoms with Crippen LogP contribution in [0.15, 0.2) is 41.9 Å². The van der Waals surface area contributed by atoms with Crippen molar-refractivity contribution in [2.75, 3.05) is 11.9 Å². The molecular formula is C24H30IN3O3S. The molecule has 1 aromatic heterocycles. The maximum Gasteiger partial charge on any atom is 0.298 e.